The lowest BCUT2D eigenvalue weighted by molar-refractivity contribution is -0.119. The number of aliphatic hydroxyl groups is 1. The smallest absolute Gasteiger partial charge is 0.371 e. The van der Waals surface area contributed by atoms with Crippen LogP contribution < -0.4 is 5.32 Å². The Morgan fingerprint density at radius 1 is 1.06 bits per heavy atom. The van der Waals surface area contributed by atoms with E-state index in [1.54, 1.807) is 6.07 Å². The molecule has 1 amide bonds. The third-order valence-corrected chi connectivity index (χ3v) is 5.54. The number of carbonyl (C=O) groups is 2. The second-order valence-electron chi connectivity index (χ2n) is 7.90. The fourth-order valence-electron chi connectivity index (χ4n) is 3.81. The van der Waals surface area contributed by atoms with Gasteiger partial charge >= 0.3 is 5.97 Å². The van der Waals surface area contributed by atoms with Crippen LogP contribution in [-0.4, -0.2) is 34.7 Å². The summed E-state index contributed by atoms with van der Waals surface area (Å²) in [7, 11) is 0. The molecule has 1 aliphatic heterocycles. The standard InChI is InChI=1S/C25H25NO6/c27-20(14-16-4-2-1-3-5-16)17-6-8-18(9-7-17)24(21-11-12-22(32-21)25(29)30)31-15-19-10-13-23(28)26-19/h1-9,11-12,19-20,24,27H,10,13-15H2,(H,26,28)(H,29,30). The average molecular weight is 435 g/mol. The Labute approximate surface area is 185 Å². The lowest BCUT2D eigenvalue weighted by atomic mass is 9.98. The number of benzene rings is 2. The Morgan fingerprint density at radius 3 is 2.41 bits per heavy atom. The minimum Gasteiger partial charge on any atom is -0.475 e. The highest BCUT2D eigenvalue weighted by Gasteiger charge is 2.26. The molecule has 0 radical (unpaired) electrons. The molecule has 4 rings (SSSR count). The van der Waals surface area contributed by atoms with Crippen molar-refractivity contribution in [2.24, 2.45) is 0 Å². The van der Waals surface area contributed by atoms with Gasteiger partial charge in [0.15, 0.2) is 0 Å². The summed E-state index contributed by atoms with van der Waals surface area (Å²) in [5, 5.41) is 22.7. The van der Waals surface area contributed by atoms with E-state index in [0.717, 1.165) is 16.7 Å². The zero-order chi connectivity index (χ0) is 22.5. The molecule has 3 atom stereocenters. The summed E-state index contributed by atoms with van der Waals surface area (Å²) in [5.74, 6) is -0.961. The molecule has 3 aromatic rings. The van der Waals surface area contributed by atoms with Crippen molar-refractivity contribution in [1.29, 1.82) is 0 Å². The summed E-state index contributed by atoms with van der Waals surface area (Å²) < 4.78 is 11.6. The minimum absolute atomic E-state index is 0.00179. The van der Waals surface area contributed by atoms with Crippen molar-refractivity contribution in [2.75, 3.05) is 6.61 Å². The van der Waals surface area contributed by atoms with Crippen LogP contribution in [0.15, 0.2) is 71.1 Å². The lowest BCUT2D eigenvalue weighted by Crippen LogP contribution is -2.30. The van der Waals surface area contributed by atoms with Gasteiger partial charge in [-0.3, -0.25) is 4.79 Å². The van der Waals surface area contributed by atoms with Gasteiger partial charge < -0.3 is 24.7 Å². The molecular weight excluding hydrogens is 410 g/mol. The number of carboxylic acids is 1. The predicted octanol–water partition coefficient (Wildman–Crippen LogP) is 3.64. The first-order valence-corrected chi connectivity index (χ1v) is 10.6. The van der Waals surface area contributed by atoms with Gasteiger partial charge in [0.1, 0.15) is 11.9 Å². The van der Waals surface area contributed by atoms with Crippen LogP contribution in [-0.2, 0) is 16.0 Å². The van der Waals surface area contributed by atoms with E-state index in [2.05, 4.69) is 5.32 Å². The number of nitrogens with one attached hydrogen (secondary N) is 1. The second-order valence-corrected chi connectivity index (χ2v) is 7.90. The normalized spacial score (nSPS) is 17.7. The monoisotopic (exact) mass is 435 g/mol. The van der Waals surface area contributed by atoms with Gasteiger partial charge in [-0.2, -0.15) is 0 Å². The molecule has 1 aromatic heterocycles. The van der Waals surface area contributed by atoms with E-state index < -0.39 is 18.2 Å². The topological polar surface area (TPSA) is 109 Å². The Bertz CT molecular complexity index is 1060. The summed E-state index contributed by atoms with van der Waals surface area (Å²) in [5.41, 5.74) is 2.57. The molecule has 3 N–H and O–H groups in total. The van der Waals surface area contributed by atoms with Crippen LogP contribution in [0.5, 0.6) is 0 Å². The first-order chi connectivity index (χ1) is 15.5. The van der Waals surface area contributed by atoms with Gasteiger partial charge in [0.2, 0.25) is 11.7 Å². The molecule has 0 saturated carbocycles. The maximum Gasteiger partial charge on any atom is 0.371 e. The number of furan rings is 1. The van der Waals surface area contributed by atoms with Crippen LogP contribution >= 0.6 is 0 Å². The fraction of sp³-hybridized carbons (Fsp3) is 0.280. The zero-order valence-corrected chi connectivity index (χ0v) is 17.4. The molecule has 0 spiro atoms. The quantitative estimate of drug-likeness (QED) is 0.474. The Balaban J connectivity index is 1.51. The Kier molecular flexibility index (Phi) is 6.68. The minimum atomic E-state index is -1.16. The predicted molar refractivity (Wildman–Crippen MR) is 116 cm³/mol. The molecule has 32 heavy (non-hydrogen) atoms. The summed E-state index contributed by atoms with van der Waals surface area (Å²) in [6, 6.07) is 20.0. The molecule has 7 heteroatoms. The highest BCUT2D eigenvalue weighted by Crippen LogP contribution is 2.30. The lowest BCUT2D eigenvalue weighted by Gasteiger charge is -2.20. The van der Waals surface area contributed by atoms with Gasteiger partial charge in [-0.25, -0.2) is 4.79 Å². The molecule has 7 nitrogen and oxygen atoms in total. The SMILES string of the molecule is O=C1CCC(COC(c2ccc(C(O)Cc3ccccc3)cc2)c2ccc(C(=O)O)o2)N1. The highest BCUT2D eigenvalue weighted by atomic mass is 16.5. The van der Waals surface area contributed by atoms with Gasteiger partial charge in [-0.05, 0) is 35.2 Å². The molecule has 2 heterocycles. The Morgan fingerprint density at radius 2 is 1.78 bits per heavy atom. The highest BCUT2D eigenvalue weighted by molar-refractivity contribution is 5.84. The zero-order valence-electron chi connectivity index (χ0n) is 17.4. The van der Waals surface area contributed by atoms with Crippen molar-refractivity contribution in [3.05, 3.63) is 94.9 Å². The van der Waals surface area contributed by atoms with E-state index in [9.17, 15) is 19.8 Å². The van der Waals surface area contributed by atoms with E-state index in [1.807, 2.05) is 54.6 Å². The van der Waals surface area contributed by atoms with Crippen LogP contribution in [0, 0.1) is 0 Å². The average Bonchev–Trinajstić information content (AvgIpc) is 3.45. The molecule has 3 unspecified atom stereocenters. The van der Waals surface area contributed by atoms with Gasteiger partial charge in [-0.15, -0.1) is 0 Å². The van der Waals surface area contributed by atoms with Crippen LogP contribution in [0.1, 0.15) is 58.1 Å². The van der Waals surface area contributed by atoms with Gasteiger partial charge in [0, 0.05) is 12.8 Å². The maximum atomic E-state index is 11.5. The van der Waals surface area contributed by atoms with Crippen LogP contribution in [0.3, 0.4) is 0 Å². The largest absolute Gasteiger partial charge is 0.475 e. The van der Waals surface area contributed by atoms with Gasteiger partial charge in [0.05, 0.1) is 18.8 Å². The van der Waals surface area contributed by atoms with Crippen molar-refractivity contribution < 1.29 is 29.0 Å². The van der Waals surface area contributed by atoms with Crippen molar-refractivity contribution in [3.8, 4) is 0 Å². The second kappa shape index (κ2) is 9.80. The van der Waals surface area contributed by atoms with E-state index in [0.29, 0.717) is 25.0 Å². The summed E-state index contributed by atoms with van der Waals surface area (Å²) >= 11 is 0. The van der Waals surface area contributed by atoms with E-state index in [1.165, 1.54) is 6.07 Å². The molecule has 166 valence electrons. The molecule has 0 bridgehead atoms. The molecule has 1 saturated heterocycles. The van der Waals surface area contributed by atoms with Crippen LogP contribution in [0.25, 0.3) is 0 Å². The molecule has 0 aliphatic carbocycles. The third kappa shape index (κ3) is 5.25. The molecular formula is C25H25NO6. The fourth-order valence-corrected chi connectivity index (χ4v) is 3.81. The summed E-state index contributed by atoms with van der Waals surface area (Å²) in [6.45, 7) is 0.276. The number of ether oxygens (including phenoxy) is 1. The summed E-state index contributed by atoms with van der Waals surface area (Å²) in [6.07, 6.45) is 0.370. The molecule has 1 aliphatic rings. The van der Waals surface area contributed by atoms with Crippen molar-refractivity contribution in [1.82, 2.24) is 5.32 Å². The van der Waals surface area contributed by atoms with Crippen molar-refractivity contribution in [3.63, 3.8) is 0 Å². The van der Waals surface area contributed by atoms with Crippen molar-refractivity contribution >= 4 is 11.9 Å². The number of carbonyl (C=O) groups excluding carboxylic acids is 1. The van der Waals surface area contributed by atoms with Crippen LogP contribution in [0.4, 0.5) is 0 Å². The number of amides is 1. The number of aromatic carboxylic acids is 1. The number of aliphatic hydroxyl groups excluding tert-OH is 1. The summed E-state index contributed by atoms with van der Waals surface area (Å²) in [4.78, 5) is 22.7. The van der Waals surface area contributed by atoms with Crippen molar-refractivity contribution in [2.45, 2.75) is 37.5 Å². The third-order valence-electron chi connectivity index (χ3n) is 5.54. The molecule has 2 aromatic carbocycles. The van der Waals surface area contributed by atoms with E-state index in [4.69, 9.17) is 9.15 Å². The first kappa shape index (κ1) is 21.8. The number of hydrogen-bond acceptors (Lipinski definition) is 5. The van der Waals surface area contributed by atoms with Gasteiger partial charge in [0.25, 0.3) is 0 Å². The number of rotatable bonds is 9. The Hall–Kier alpha value is -3.42. The van der Waals surface area contributed by atoms with Crippen LogP contribution in [0.2, 0.25) is 0 Å². The molecule has 1 fully saturated rings. The van der Waals surface area contributed by atoms with E-state index in [-0.39, 0.29) is 24.3 Å². The maximum absolute atomic E-state index is 11.5. The number of carboxylic acid groups (broad SMARTS) is 1. The van der Waals surface area contributed by atoms with Gasteiger partial charge in [-0.1, -0.05) is 54.6 Å². The van der Waals surface area contributed by atoms with E-state index >= 15 is 0 Å². The first-order valence-electron chi connectivity index (χ1n) is 10.6. The number of hydrogen-bond donors (Lipinski definition) is 3.